The van der Waals surface area contributed by atoms with Crippen molar-refractivity contribution >= 4 is 35.0 Å². The van der Waals surface area contributed by atoms with Crippen LogP contribution in [0.15, 0.2) is 57.9 Å². The van der Waals surface area contributed by atoms with Gasteiger partial charge in [0.2, 0.25) is 0 Å². The lowest BCUT2D eigenvalue weighted by Crippen LogP contribution is -2.32. The predicted octanol–water partition coefficient (Wildman–Crippen LogP) is 5.69. The first-order valence-electron chi connectivity index (χ1n) is 10.6. The number of carboxylic acids is 1. The van der Waals surface area contributed by atoms with Gasteiger partial charge in [-0.1, -0.05) is 18.2 Å². The van der Waals surface area contributed by atoms with Crippen molar-refractivity contribution in [2.75, 3.05) is 13.2 Å². The van der Waals surface area contributed by atoms with Crippen LogP contribution in [-0.2, 0) is 4.79 Å². The van der Waals surface area contributed by atoms with Crippen LogP contribution in [-0.4, -0.2) is 40.3 Å². The van der Waals surface area contributed by atoms with Gasteiger partial charge in [0, 0.05) is 11.6 Å². The topological polar surface area (TPSA) is 97.1 Å². The summed E-state index contributed by atoms with van der Waals surface area (Å²) < 4.78 is 11.6. The standard InChI is InChI=1S/C26H23NO6S/c1-15-4-5-16(2)22(12-15)32-11-10-27-24(28)23(34-26(27)31)14-19-7-9-21(33-19)20-8-6-18(25(29)30)13-17(20)3/h4-9,12-14H,10-11H2,1-3H3,(H,29,30)/b23-14-. The molecule has 1 aliphatic rings. The van der Waals surface area contributed by atoms with E-state index in [0.29, 0.717) is 11.5 Å². The number of benzene rings is 2. The monoisotopic (exact) mass is 477 g/mol. The maximum Gasteiger partial charge on any atom is 0.335 e. The van der Waals surface area contributed by atoms with Gasteiger partial charge in [0.15, 0.2) is 0 Å². The molecule has 7 nitrogen and oxygen atoms in total. The van der Waals surface area contributed by atoms with Crippen LogP contribution in [0.1, 0.15) is 32.8 Å². The second kappa shape index (κ2) is 9.61. The number of aryl methyl sites for hydroxylation is 3. The highest BCUT2D eigenvalue weighted by Crippen LogP contribution is 2.34. The smallest absolute Gasteiger partial charge is 0.335 e. The number of hydrogen-bond donors (Lipinski definition) is 1. The zero-order valence-electron chi connectivity index (χ0n) is 19.0. The van der Waals surface area contributed by atoms with E-state index in [2.05, 4.69) is 0 Å². The summed E-state index contributed by atoms with van der Waals surface area (Å²) in [4.78, 5) is 37.8. The van der Waals surface area contributed by atoms with Gasteiger partial charge in [-0.05, 0) is 79.6 Å². The largest absolute Gasteiger partial charge is 0.491 e. The molecule has 2 heterocycles. The highest BCUT2D eigenvalue weighted by molar-refractivity contribution is 8.18. The number of ether oxygens (including phenoxy) is 1. The highest BCUT2D eigenvalue weighted by Gasteiger charge is 2.35. The molecule has 0 atom stereocenters. The fourth-order valence-electron chi connectivity index (χ4n) is 3.58. The summed E-state index contributed by atoms with van der Waals surface area (Å²) in [6.45, 7) is 6.06. The van der Waals surface area contributed by atoms with Gasteiger partial charge in [-0.15, -0.1) is 0 Å². The van der Waals surface area contributed by atoms with Crippen LogP contribution >= 0.6 is 11.8 Å². The minimum Gasteiger partial charge on any atom is -0.491 e. The van der Waals surface area contributed by atoms with Crippen LogP contribution in [0.3, 0.4) is 0 Å². The third-order valence-corrected chi connectivity index (χ3v) is 6.34. The SMILES string of the molecule is Cc1ccc(C)c(OCCN2C(=O)S/C(=C\c3ccc(-c4ccc(C(=O)O)cc4C)o3)C2=O)c1. The van der Waals surface area contributed by atoms with E-state index in [1.807, 2.05) is 32.0 Å². The van der Waals surface area contributed by atoms with Crippen molar-refractivity contribution in [1.29, 1.82) is 0 Å². The number of carboxylic acid groups (broad SMARTS) is 1. The van der Waals surface area contributed by atoms with E-state index in [1.165, 1.54) is 11.0 Å². The Morgan fingerprint density at radius 1 is 1.06 bits per heavy atom. The van der Waals surface area contributed by atoms with E-state index in [1.54, 1.807) is 37.3 Å². The number of thioether (sulfide) groups is 1. The summed E-state index contributed by atoms with van der Waals surface area (Å²) in [5, 5.41) is 8.78. The molecule has 1 fully saturated rings. The Morgan fingerprint density at radius 3 is 2.59 bits per heavy atom. The minimum absolute atomic E-state index is 0.147. The van der Waals surface area contributed by atoms with Gasteiger partial charge >= 0.3 is 5.97 Å². The fourth-order valence-corrected chi connectivity index (χ4v) is 4.43. The molecule has 0 saturated carbocycles. The number of hydrogen-bond acceptors (Lipinski definition) is 6. The van der Waals surface area contributed by atoms with Crippen LogP contribution in [0.4, 0.5) is 4.79 Å². The van der Waals surface area contributed by atoms with Crippen LogP contribution in [0.5, 0.6) is 5.75 Å². The zero-order valence-corrected chi connectivity index (χ0v) is 19.8. The van der Waals surface area contributed by atoms with Crippen LogP contribution < -0.4 is 4.74 Å². The average molecular weight is 478 g/mol. The van der Waals surface area contributed by atoms with Crippen molar-refractivity contribution in [3.63, 3.8) is 0 Å². The molecule has 4 rings (SSSR count). The van der Waals surface area contributed by atoms with Gasteiger partial charge in [-0.25, -0.2) is 4.79 Å². The van der Waals surface area contributed by atoms with Gasteiger partial charge in [-0.3, -0.25) is 14.5 Å². The van der Waals surface area contributed by atoms with Crippen LogP contribution in [0.2, 0.25) is 0 Å². The molecule has 8 heteroatoms. The van der Waals surface area contributed by atoms with Crippen LogP contribution in [0.25, 0.3) is 17.4 Å². The Hall–Kier alpha value is -3.78. The van der Waals surface area contributed by atoms with E-state index >= 15 is 0 Å². The number of imide groups is 1. The highest BCUT2D eigenvalue weighted by atomic mass is 32.2. The molecule has 1 saturated heterocycles. The summed E-state index contributed by atoms with van der Waals surface area (Å²) in [5.41, 5.74) is 3.76. The Labute approximate surface area is 201 Å². The number of carbonyl (C=O) groups excluding carboxylic acids is 2. The molecule has 3 aromatic rings. The summed E-state index contributed by atoms with van der Waals surface area (Å²) in [7, 11) is 0. The van der Waals surface area contributed by atoms with Crippen molar-refractivity contribution in [2.24, 2.45) is 0 Å². The Morgan fingerprint density at radius 2 is 1.85 bits per heavy atom. The number of nitrogens with zero attached hydrogens (tertiary/aromatic N) is 1. The molecule has 0 radical (unpaired) electrons. The molecule has 0 aliphatic carbocycles. The number of amides is 2. The summed E-state index contributed by atoms with van der Waals surface area (Å²) >= 11 is 0.860. The van der Waals surface area contributed by atoms with Gasteiger partial charge in [0.25, 0.3) is 11.1 Å². The quantitative estimate of drug-likeness (QED) is 0.437. The van der Waals surface area contributed by atoms with Crippen LogP contribution in [0, 0.1) is 20.8 Å². The lowest BCUT2D eigenvalue weighted by molar-refractivity contribution is -0.123. The number of aromatic carboxylic acids is 1. The van der Waals surface area contributed by atoms with Gasteiger partial charge in [-0.2, -0.15) is 0 Å². The average Bonchev–Trinajstić information content (AvgIpc) is 3.35. The molecule has 0 bridgehead atoms. The second-order valence-corrected chi connectivity index (χ2v) is 8.98. The summed E-state index contributed by atoms with van der Waals surface area (Å²) in [5.74, 6) is 0.317. The molecular weight excluding hydrogens is 454 g/mol. The van der Waals surface area contributed by atoms with E-state index < -0.39 is 5.97 Å². The van der Waals surface area contributed by atoms with E-state index in [-0.39, 0.29) is 34.8 Å². The molecule has 0 spiro atoms. The molecule has 1 aromatic heterocycles. The number of rotatable bonds is 7. The predicted molar refractivity (Wildman–Crippen MR) is 130 cm³/mol. The molecule has 174 valence electrons. The van der Waals surface area contributed by atoms with Gasteiger partial charge < -0.3 is 14.3 Å². The Kier molecular flexibility index (Phi) is 6.61. The minimum atomic E-state index is -0.995. The Balaban J connectivity index is 1.44. The van der Waals surface area contributed by atoms with Gasteiger partial charge in [0.05, 0.1) is 17.0 Å². The molecule has 0 unspecified atom stereocenters. The van der Waals surface area contributed by atoms with Crippen molar-refractivity contribution in [1.82, 2.24) is 4.90 Å². The zero-order chi connectivity index (χ0) is 24.4. The van der Waals surface area contributed by atoms with Crippen molar-refractivity contribution in [2.45, 2.75) is 20.8 Å². The molecular formula is C26H23NO6S. The number of furan rings is 1. The summed E-state index contributed by atoms with van der Waals surface area (Å²) in [6, 6.07) is 14.1. The maximum absolute atomic E-state index is 12.8. The maximum atomic E-state index is 12.8. The third kappa shape index (κ3) is 4.92. The van der Waals surface area contributed by atoms with E-state index in [4.69, 9.17) is 14.3 Å². The molecule has 2 amide bonds. The first-order chi connectivity index (χ1) is 16.2. The lowest BCUT2D eigenvalue weighted by Gasteiger charge is -2.14. The lowest BCUT2D eigenvalue weighted by atomic mass is 10.0. The normalized spacial score (nSPS) is 14.8. The third-order valence-electron chi connectivity index (χ3n) is 5.43. The van der Waals surface area contributed by atoms with Gasteiger partial charge in [0.1, 0.15) is 23.9 Å². The first kappa shape index (κ1) is 23.4. The molecule has 2 aromatic carbocycles. The molecule has 1 N–H and O–H groups in total. The summed E-state index contributed by atoms with van der Waals surface area (Å²) in [6.07, 6.45) is 1.54. The van der Waals surface area contributed by atoms with E-state index in [9.17, 15) is 14.4 Å². The van der Waals surface area contributed by atoms with Crippen molar-refractivity contribution < 1.29 is 28.6 Å². The molecule has 34 heavy (non-hydrogen) atoms. The number of carbonyl (C=O) groups is 3. The second-order valence-electron chi connectivity index (χ2n) is 7.99. The first-order valence-corrected chi connectivity index (χ1v) is 11.4. The van der Waals surface area contributed by atoms with Crippen molar-refractivity contribution in [3.8, 4) is 17.1 Å². The Bertz CT molecular complexity index is 1320. The fraction of sp³-hybridized carbons (Fsp3) is 0.192. The van der Waals surface area contributed by atoms with E-state index in [0.717, 1.165) is 39.8 Å². The molecule has 1 aliphatic heterocycles. The van der Waals surface area contributed by atoms with Crippen molar-refractivity contribution in [3.05, 3.63) is 81.5 Å².